The standard InChI is InChI=1S/C16H5F19O4S/c17-7(8(18)39-40(37,38)6-3-1-5(36)2-4-6)9(19,20)10(21,22)11(23,24)12(25,26)13(27,28)14(29,30)15(31,32)16(33,34)35/h1-4,36H. The van der Waals surface area contributed by atoms with Crippen LogP contribution in [0.15, 0.2) is 41.0 Å². The third kappa shape index (κ3) is 4.94. The molecule has 0 amide bonds. The van der Waals surface area contributed by atoms with Gasteiger partial charge < -0.3 is 9.29 Å². The molecule has 1 N–H and O–H groups in total. The summed E-state index contributed by atoms with van der Waals surface area (Å²) in [6.45, 7) is 0. The van der Waals surface area contributed by atoms with Crippen LogP contribution in [0.2, 0.25) is 0 Å². The van der Waals surface area contributed by atoms with Crippen molar-refractivity contribution >= 4 is 10.1 Å². The maximum Gasteiger partial charge on any atom is 0.460 e. The Morgan fingerprint density at radius 3 is 1.25 bits per heavy atom. The van der Waals surface area contributed by atoms with Crippen molar-refractivity contribution < 1.29 is 101 Å². The third-order valence-electron chi connectivity index (χ3n) is 4.48. The highest BCUT2D eigenvalue weighted by Gasteiger charge is 2.95. The molecule has 0 unspecified atom stereocenters. The van der Waals surface area contributed by atoms with E-state index in [9.17, 15) is 91.8 Å². The summed E-state index contributed by atoms with van der Waals surface area (Å²) in [6.07, 6.45) is -7.98. The molecular formula is C16H5F19O4S. The summed E-state index contributed by atoms with van der Waals surface area (Å²) in [5.74, 6) is -66.6. The maximum atomic E-state index is 13.7. The Hall–Kier alpha value is -2.82. The summed E-state index contributed by atoms with van der Waals surface area (Å²) in [7, 11) is -5.97. The molecule has 0 saturated carbocycles. The first-order valence-corrected chi connectivity index (χ1v) is 10.2. The Morgan fingerprint density at radius 2 is 0.900 bits per heavy atom. The maximum absolute atomic E-state index is 13.7. The number of aromatic hydroxyl groups is 1. The van der Waals surface area contributed by atoms with Crippen LogP contribution >= 0.6 is 0 Å². The van der Waals surface area contributed by atoms with E-state index >= 15 is 0 Å². The molecule has 24 heteroatoms. The quantitative estimate of drug-likeness (QED) is 0.165. The van der Waals surface area contributed by atoms with Crippen molar-refractivity contribution in [2.24, 2.45) is 0 Å². The minimum Gasteiger partial charge on any atom is -0.508 e. The van der Waals surface area contributed by atoms with Crippen LogP contribution in [0.4, 0.5) is 83.4 Å². The lowest BCUT2D eigenvalue weighted by molar-refractivity contribution is -0.460. The van der Waals surface area contributed by atoms with E-state index in [0.29, 0.717) is 12.1 Å². The molecule has 4 nitrogen and oxygen atoms in total. The van der Waals surface area contributed by atoms with Gasteiger partial charge in [-0.3, -0.25) is 0 Å². The molecule has 232 valence electrons. The summed E-state index contributed by atoms with van der Waals surface area (Å²) in [4.78, 5) is -1.44. The number of phenolic OH excluding ortho intramolecular Hbond substituents is 1. The summed E-state index contributed by atoms with van der Waals surface area (Å²) in [5, 5.41) is 8.93. The average Bonchev–Trinajstić information content (AvgIpc) is 2.76. The Labute approximate surface area is 206 Å². The molecule has 1 rings (SSSR count). The van der Waals surface area contributed by atoms with Crippen LogP contribution in [0.3, 0.4) is 0 Å². The summed E-state index contributed by atoms with van der Waals surface area (Å²) in [5.41, 5.74) is 0. The number of phenols is 1. The molecule has 40 heavy (non-hydrogen) atoms. The molecule has 0 aliphatic rings. The lowest BCUT2D eigenvalue weighted by Crippen LogP contribution is -2.74. The Balaban J connectivity index is 3.69. The third-order valence-corrected chi connectivity index (χ3v) is 5.69. The van der Waals surface area contributed by atoms with Gasteiger partial charge in [0, 0.05) is 0 Å². The van der Waals surface area contributed by atoms with Crippen molar-refractivity contribution in [2.45, 2.75) is 52.5 Å². The number of halogens is 19. The van der Waals surface area contributed by atoms with E-state index in [1.807, 2.05) is 0 Å². The first-order chi connectivity index (χ1) is 17.3. The summed E-state index contributed by atoms with van der Waals surface area (Å²) >= 11 is 0. The second kappa shape index (κ2) is 9.63. The van der Waals surface area contributed by atoms with Gasteiger partial charge in [-0.05, 0) is 24.3 Å². The van der Waals surface area contributed by atoms with Crippen LogP contribution in [0.5, 0.6) is 5.75 Å². The number of hydrogen-bond acceptors (Lipinski definition) is 4. The van der Waals surface area contributed by atoms with Crippen molar-refractivity contribution in [1.29, 1.82) is 0 Å². The highest BCUT2D eigenvalue weighted by atomic mass is 32.2. The molecular weight excluding hydrogens is 649 g/mol. The molecule has 0 bridgehead atoms. The van der Waals surface area contributed by atoms with Gasteiger partial charge in [0.2, 0.25) is 5.83 Å². The van der Waals surface area contributed by atoms with Gasteiger partial charge >= 0.3 is 63.8 Å². The minimum absolute atomic E-state index is 0.219. The molecule has 0 aliphatic heterocycles. The zero-order chi connectivity index (χ0) is 32.3. The normalized spacial score (nSPS) is 16.1. The van der Waals surface area contributed by atoms with Gasteiger partial charge in [-0.25, -0.2) is 0 Å². The number of hydrogen-bond donors (Lipinski definition) is 1. The molecule has 0 aliphatic carbocycles. The Kier molecular flexibility index (Phi) is 8.48. The summed E-state index contributed by atoms with van der Waals surface area (Å²) < 4.78 is 277. The Bertz CT molecular complexity index is 1230. The van der Waals surface area contributed by atoms with Crippen LogP contribution in [0.1, 0.15) is 0 Å². The van der Waals surface area contributed by atoms with Crippen LogP contribution in [0.25, 0.3) is 0 Å². The van der Waals surface area contributed by atoms with Gasteiger partial charge in [-0.1, -0.05) is 0 Å². The predicted molar refractivity (Wildman–Crippen MR) is 86.3 cm³/mol. The van der Waals surface area contributed by atoms with E-state index in [0.717, 1.165) is 0 Å². The molecule has 0 fully saturated rings. The van der Waals surface area contributed by atoms with Gasteiger partial charge in [0.25, 0.3) is 0 Å². The monoisotopic (exact) mass is 654 g/mol. The molecule has 1 aromatic carbocycles. The van der Waals surface area contributed by atoms with Gasteiger partial charge in [-0.2, -0.15) is 91.8 Å². The Morgan fingerprint density at radius 1 is 0.575 bits per heavy atom. The molecule has 0 spiro atoms. The molecule has 1 aromatic rings. The highest BCUT2D eigenvalue weighted by molar-refractivity contribution is 7.86. The van der Waals surface area contributed by atoms with E-state index in [1.165, 1.54) is 0 Å². The molecule has 0 atom stereocenters. The van der Waals surface area contributed by atoms with Crippen LogP contribution in [0, 0.1) is 0 Å². The van der Waals surface area contributed by atoms with Crippen molar-refractivity contribution in [2.75, 3.05) is 0 Å². The van der Waals surface area contributed by atoms with Crippen LogP contribution in [-0.2, 0) is 14.3 Å². The zero-order valence-corrected chi connectivity index (χ0v) is 18.4. The van der Waals surface area contributed by atoms with Crippen molar-refractivity contribution in [1.82, 2.24) is 0 Å². The fourth-order valence-electron chi connectivity index (χ4n) is 2.22. The largest absolute Gasteiger partial charge is 0.508 e. The van der Waals surface area contributed by atoms with Gasteiger partial charge in [-0.15, -0.1) is 0 Å². The highest BCUT2D eigenvalue weighted by Crippen LogP contribution is 2.64. The van der Waals surface area contributed by atoms with Gasteiger partial charge in [0.15, 0.2) is 0 Å². The number of allylic oxidation sites excluding steroid dienone is 1. The number of rotatable bonds is 10. The van der Waals surface area contributed by atoms with Gasteiger partial charge in [0.05, 0.1) is 0 Å². The van der Waals surface area contributed by atoms with E-state index in [4.69, 9.17) is 5.11 Å². The number of alkyl halides is 17. The van der Waals surface area contributed by atoms with Crippen molar-refractivity contribution in [3.05, 3.63) is 36.1 Å². The lowest BCUT2D eigenvalue weighted by atomic mass is 9.89. The second-order valence-corrected chi connectivity index (χ2v) is 8.68. The molecule has 0 saturated heterocycles. The minimum atomic E-state index is -9.05. The smallest absolute Gasteiger partial charge is 0.460 e. The summed E-state index contributed by atoms with van der Waals surface area (Å²) in [6, 6.07) is -2.90. The van der Waals surface area contributed by atoms with Crippen LogP contribution < -0.4 is 0 Å². The fraction of sp³-hybridized carbons (Fsp3) is 0.500. The van der Waals surface area contributed by atoms with Gasteiger partial charge in [0.1, 0.15) is 10.6 Å². The van der Waals surface area contributed by atoms with E-state index in [2.05, 4.69) is 4.18 Å². The second-order valence-electron chi connectivity index (χ2n) is 7.14. The van der Waals surface area contributed by atoms with Crippen LogP contribution in [-0.4, -0.2) is 61.2 Å². The topological polar surface area (TPSA) is 63.6 Å². The number of benzene rings is 1. The molecule has 0 radical (unpaired) electrons. The average molecular weight is 654 g/mol. The van der Waals surface area contributed by atoms with E-state index in [1.54, 1.807) is 0 Å². The van der Waals surface area contributed by atoms with E-state index < -0.39 is 80.2 Å². The molecule has 0 heterocycles. The zero-order valence-electron chi connectivity index (χ0n) is 17.6. The fourth-order valence-corrected chi connectivity index (χ4v) is 3.05. The predicted octanol–water partition coefficient (Wildman–Crippen LogP) is 7.22. The van der Waals surface area contributed by atoms with E-state index in [-0.39, 0.29) is 12.1 Å². The van der Waals surface area contributed by atoms with Crippen molar-refractivity contribution in [3.63, 3.8) is 0 Å². The first-order valence-electron chi connectivity index (χ1n) is 8.79. The lowest BCUT2D eigenvalue weighted by Gasteiger charge is -2.42. The first kappa shape index (κ1) is 35.2. The molecule has 0 aromatic heterocycles. The SMILES string of the molecule is O=S(=O)(OC(F)=C(F)C(F)(F)C(F)(F)C(F)(F)C(F)(F)C(F)(F)C(F)(F)C(F)(F)C(F)(F)F)c1ccc(O)cc1. The van der Waals surface area contributed by atoms with Crippen molar-refractivity contribution in [3.8, 4) is 5.75 Å².